The minimum absolute atomic E-state index is 0.224. The van der Waals surface area contributed by atoms with Crippen molar-refractivity contribution in [2.24, 2.45) is 0 Å². The lowest BCUT2D eigenvalue weighted by atomic mass is 10.1. The Labute approximate surface area is 117 Å². The number of rotatable bonds is 6. The van der Waals surface area contributed by atoms with Gasteiger partial charge in [-0.1, -0.05) is 6.07 Å². The average molecular weight is 278 g/mol. The standard InChI is InChI=1S/C14H18N2O2S/c1-10(15-7-12-8-19-9-16-12)11-4-5-13(17-2)14(6-11)18-3/h4-6,8-10,15H,7H2,1-3H3. The number of nitrogens with zero attached hydrogens (tertiary/aromatic N) is 1. The van der Waals surface area contributed by atoms with Crippen LogP contribution in [0.3, 0.4) is 0 Å². The molecule has 5 heteroatoms. The summed E-state index contributed by atoms with van der Waals surface area (Å²) in [5.41, 5.74) is 4.07. The lowest BCUT2D eigenvalue weighted by Gasteiger charge is -2.16. The fourth-order valence-corrected chi connectivity index (χ4v) is 2.38. The molecule has 1 aromatic heterocycles. The van der Waals surface area contributed by atoms with Crippen LogP contribution in [0.15, 0.2) is 29.1 Å². The molecular formula is C14H18N2O2S. The summed E-state index contributed by atoms with van der Waals surface area (Å²) < 4.78 is 10.5. The molecule has 0 spiro atoms. The highest BCUT2D eigenvalue weighted by Crippen LogP contribution is 2.29. The Morgan fingerprint density at radius 1 is 1.26 bits per heavy atom. The fourth-order valence-electron chi connectivity index (χ4n) is 1.82. The predicted octanol–water partition coefficient (Wildman–Crippen LogP) is 3.01. The summed E-state index contributed by atoms with van der Waals surface area (Å²) in [5.74, 6) is 1.50. The highest BCUT2D eigenvalue weighted by Gasteiger charge is 2.10. The first-order valence-electron chi connectivity index (χ1n) is 6.07. The van der Waals surface area contributed by atoms with E-state index in [0.29, 0.717) is 0 Å². The maximum atomic E-state index is 5.31. The van der Waals surface area contributed by atoms with Gasteiger partial charge in [0.1, 0.15) is 0 Å². The number of thiazole rings is 1. The molecule has 0 amide bonds. The van der Waals surface area contributed by atoms with Crippen molar-refractivity contribution in [3.63, 3.8) is 0 Å². The van der Waals surface area contributed by atoms with Crippen LogP contribution < -0.4 is 14.8 Å². The van der Waals surface area contributed by atoms with Crippen molar-refractivity contribution in [2.75, 3.05) is 14.2 Å². The van der Waals surface area contributed by atoms with E-state index in [2.05, 4.69) is 17.2 Å². The van der Waals surface area contributed by atoms with E-state index in [1.165, 1.54) is 0 Å². The number of methoxy groups -OCH3 is 2. The molecule has 1 unspecified atom stereocenters. The van der Waals surface area contributed by atoms with Crippen LogP contribution in [0.1, 0.15) is 24.2 Å². The maximum absolute atomic E-state index is 5.31. The van der Waals surface area contributed by atoms with Crippen LogP contribution in [0.25, 0.3) is 0 Å². The van der Waals surface area contributed by atoms with Crippen molar-refractivity contribution in [3.05, 3.63) is 40.3 Å². The molecule has 102 valence electrons. The molecule has 1 heterocycles. The van der Waals surface area contributed by atoms with Crippen LogP contribution >= 0.6 is 11.3 Å². The lowest BCUT2D eigenvalue weighted by Crippen LogP contribution is -2.18. The average Bonchev–Trinajstić information content (AvgIpc) is 2.97. The lowest BCUT2D eigenvalue weighted by molar-refractivity contribution is 0.354. The second-order valence-electron chi connectivity index (χ2n) is 4.20. The van der Waals surface area contributed by atoms with Crippen molar-refractivity contribution in [2.45, 2.75) is 19.5 Å². The first kappa shape index (κ1) is 13.8. The van der Waals surface area contributed by atoms with E-state index in [0.717, 1.165) is 29.3 Å². The van der Waals surface area contributed by atoms with Gasteiger partial charge >= 0.3 is 0 Å². The topological polar surface area (TPSA) is 43.4 Å². The molecule has 0 fully saturated rings. The summed E-state index contributed by atoms with van der Waals surface area (Å²) in [7, 11) is 3.29. The molecule has 0 saturated heterocycles. The van der Waals surface area contributed by atoms with Crippen LogP contribution in [0.2, 0.25) is 0 Å². The minimum Gasteiger partial charge on any atom is -0.493 e. The van der Waals surface area contributed by atoms with Gasteiger partial charge in [0, 0.05) is 18.0 Å². The van der Waals surface area contributed by atoms with Gasteiger partial charge in [0.2, 0.25) is 0 Å². The SMILES string of the molecule is COc1ccc(C(C)NCc2cscn2)cc1OC. The zero-order valence-electron chi connectivity index (χ0n) is 11.3. The second kappa shape index (κ2) is 6.54. The first-order chi connectivity index (χ1) is 9.24. The van der Waals surface area contributed by atoms with E-state index in [1.807, 2.05) is 29.1 Å². The van der Waals surface area contributed by atoms with Crippen LogP contribution in [-0.2, 0) is 6.54 Å². The van der Waals surface area contributed by atoms with Gasteiger partial charge < -0.3 is 14.8 Å². The Morgan fingerprint density at radius 2 is 2.05 bits per heavy atom. The van der Waals surface area contributed by atoms with Crippen molar-refractivity contribution >= 4 is 11.3 Å². The normalized spacial score (nSPS) is 12.2. The molecule has 1 atom stereocenters. The van der Waals surface area contributed by atoms with E-state index >= 15 is 0 Å². The quantitative estimate of drug-likeness (QED) is 0.882. The van der Waals surface area contributed by atoms with Crippen LogP contribution in [0, 0.1) is 0 Å². The summed E-state index contributed by atoms with van der Waals surface area (Å²) in [5, 5.41) is 5.49. The Morgan fingerprint density at radius 3 is 2.68 bits per heavy atom. The summed E-state index contributed by atoms with van der Waals surface area (Å²) in [6.45, 7) is 2.88. The van der Waals surface area contributed by atoms with E-state index < -0.39 is 0 Å². The Bertz CT molecular complexity index is 514. The zero-order valence-corrected chi connectivity index (χ0v) is 12.2. The second-order valence-corrected chi connectivity index (χ2v) is 4.92. The fraction of sp³-hybridized carbons (Fsp3) is 0.357. The molecule has 0 radical (unpaired) electrons. The number of aromatic nitrogens is 1. The molecule has 1 N–H and O–H groups in total. The van der Waals surface area contributed by atoms with Crippen molar-refractivity contribution in [3.8, 4) is 11.5 Å². The highest BCUT2D eigenvalue weighted by molar-refractivity contribution is 7.07. The van der Waals surface area contributed by atoms with Crippen LogP contribution in [0.4, 0.5) is 0 Å². The number of hydrogen-bond donors (Lipinski definition) is 1. The van der Waals surface area contributed by atoms with Gasteiger partial charge in [-0.15, -0.1) is 11.3 Å². The molecule has 0 saturated carbocycles. The Kier molecular flexibility index (Phi) is 4.76. The van der Waals surface area contributed by atoms with Crippen LogP contribution in [0.5, 0.6) is 11.5 Å². The summed E-state index contributed by atoms with van der Waals surface area (Å²) in [6.07, 6.45) is 0. The molecule has 0 aliphatic carbocycles. The van der Waals surface area contributed by atoms with E-state index in [4.69, 9.17) is 9.47 Å². The zero-order chi connectivity index (χ0) is 13.7. The van der Waals surface area contributed by atoms with E-state index in [-0.39, 0.29) is 6.04 Å². The number of hydrogen-bond acceptors (Lipinski definition) is 5. The molecule has 0 bridgehead atoms. The van der Waals surface area contributed by atoms with Gasteiger partial charge in [-0.25, -0.2) is 4.98 Å². The van der Waals surface area contributed by atoms with Gasteiger partial charge in [0.25, 0.3) is 0 Å². The molecule has 2 rings (SSSR count). The molecule has 2 aromatic rings. The molecule has 0 aliphatic heterocycles. The molecule has 4 nitrogen and oxygen atoms in total. The third-order valence-electron chi connectivity index (χ3n) is 2.98. The number of benzene rings is 1. The van der Waals surface area contributed by atoms with Gasteiger partial charge in [0.05, 0.1) is 25.4 Å². The van der Waals surface area contributed by atoms with E-state index in [9.17, 15) is 0 Å². The van der Waals surface area contributed by atoms with Gasteiger partial charge in [-0.3, -0.25) is 0 Å². The molecule has 19 heavy (non-hydrogen) atoms. The molecule has 1 aromatic carbocycles. The molecular weight excluding hydrogens is 260 g/mol. The monoisotopic (exact) mass is 278 g/mol. The Hall–Kier alpha value is -1.59. The summed E-state index contributed by atoms with van der Waals surface area (Å²) >= 11 is 1.61. The number of nitrogens with one attached hydrogen (secondary N) is 1. The summed E-state index contributed by atoms with van der Waals surface area (Å²) in [4.78, 5) is 4.25. The maximum Gasteiger partial charge on any atom is 0.161 e. The van der Waals surface area contributed by atoms with Gasteiger partial charge in [-0.2, -0.15) is 0 Å². The predicted molar refractivity (Wildman–Crippen MR) is 76.9 cm³/mol. The largest absolute Gasteiger partial charge is 0.493 e. The molecule has 0 aliphatic rings. The first-order valence-corrected chi connectivity index (χ1v) is 7.01. The van der Waals surface area contributed by atoms with Crippen molar-refractivity contribution in [1.82, 2.24) is 10.3 Å². The number of ether oxygens (including phenoxy) is 2. The Balaban J connectivity index is 2.04. The smallest absolute Gasteiger partial charge is 0.161 e. The van der Waals surface area contributed by atoms with Crippen molar-refractivity contribution in [1.29, 1.82) is 0 Å². The van der Waals surface area contributed by atoms with E-state index in [1.54, 1.807) is 25.6 Å². The van der Waals surface area contributed by atoms with Gasteiger partial charge in [-0.05, 0) is 24.6 Å². The minimum atomic E-state index is 0.224. The highest BCUT2D eigenvalue weighted by atomic mass is 32.1. The van der Waals surface area contributed by atoms with Crippen molar-refractivity contribution < 1.29 is 9.47 Å². The summed E-state index contributed by atoms with van der Waals surface area (Å²) in [6, 6.07) is 6.19. The van der Waals surface area contributed by atoms with Gasteiger partial charge in [0.15, 0.2) is 11.5 Å². The third kappa shape index (κ3) is 3.45. The van der Waals surface area contributed by atoms with Crippen LogP contribution in [-0.4, -0.2) is 19.2 Å². The third-order valence-corrected chi connectivity index (χ3v) is 3.62.